The van der Waals surface area contributed by atoms with Crippen molar-refractivity contribution in [2.75, 3.05) is 18.4 Å². The van der Waals surface area contributed by atoms with E-state index in [1.54, 1.807) is 11.0 Å². The van der Waals surface area contributed by atoms with Gasteiger partial charge in [0.05, 0.1) is 0 Å². The Balaban J connectivity index is 1.96. The summed E-state index contributed by atoms with van der Waals surface area (Å²) < 4.78 is 0. The average Bonchev–Trinajstić information content (AvgIpc) is 2.30. The molecule has 5 nitrogen and oxygen atoms in total. The van der Waals surface area contributed by atoms with E-state index in [1.165, 1.54) is 12.6 Å². The number of nitrogens with one attached hydrogen (secondary N) is 1. The largest absolute Gasteiger partial charge is 0.325 e. The van der Waals surface area contributed by atoms with Gasteiger partial charge in [-0.1, -0.05) is 0 Å². The van der Waals surface area contributed by atoms with E-state index < -0.39 is 0 Å². The highest BCUT2D eigenvalue weighted by molar-refractivity contribution is 6.28. The first-order valence-electron chi connectivity index (χ1n) is 5.30. The number of rotatable bonds is 1. The molecule has 2 rings (SSSR count). The van der Waals surface area contributed by atoms with E-state index in [-0.39, 0.29) is 11.3 Å². The molecule has 0 aromatic carbocycles. The average molecular weight is 241 g/mol. The number of nitrogens with zero attached hydrogens (tertiary/aromatic N) is 3. The number of likely N-dealkylation sites (tertiary alicyclic amines) is 1. The summed E-state index contributed by atoms with van der Waals surface area (Å²) in [5.74, 6) is 0.440. The van der Waals surface area contributed by atoms with Crippen LogP contribution in [0, 0.1) is 0 Å². The van der Waals surface area contributed by atoms with Crippen LogP contribution in [0.2, 0.25) is 5.28 Å². The van der Waals surface area contributed by atoms with Gasteiger partial charge in [-0.2, -0.15) is 0 Å². The zero-order chi connectivity index (χ0) is 11.4. The minimum absolute atomic E-state index is 0.116. The van der Waals surface area contributed by atoms with Crippen molar-refractivity contribution in [2.45, 2.75) is 19.3 Å². The molecule has 2 heterocycles. The fraction of sp³-hybridized carbons (Fsp3) is 0.500. The molecular formula is C10H13ClN4O. The molecule has 0 bridgehead atoms. The fourth-order valence-electron chi connectivity index (χ4n) is 1.69. The van der Waals surface area contributed by atoms with Crippen molar-refractivity contribution in [3.8, 4) is 0 Å². The van der Waals surface area contributed by atoms with E-state index in [0.717, 1.165) is 25.9 Å². The van der Waals surface area contributed by atoms with Gasteiger partial charge in [0, 0.05) is 19.3 Å². The lowest BCUT2D eigenvalue weighted by Crippen LogP contribution is -2.38. The van der Waals surface area contributed by atoms with E-state index >= 15 is 0 Å². The van der Waals surface area contributed by atoms with Gasteiger partial charge in [0.15, 0.2) is 0 Å². The molecule has 6 heteroatoms. The van der Waals surface area contributed by atoms with Gasteiger partial charge in [0.2, 0.25) is 5.28 Å². The molecule has 1 N–H and O–H groups in total. The molecule has 1 aliphatic rings. The molecule has 1 aliphatic heterocycles. The van der Waals surface area contributed by atoms with Crippen LogP contribution in [-0.2, 0) is 0 Å². The Labute approximate surface area is 98.8 Å². The second-order valence-electron chi connectivity index (χ2n) is 3.69. The Morgan fingerprint density at radius 3 is 2.81 bits per heavy atom. The van der Waals surface area contributed by atoms with Gasteiger partial charge in [0.1, 0.15) is 5.82 Å². The Kier molecular flexibility index (Phi) is 3.56. The molecule has 1 fully saturated rings. The third-order valence-electron chi connectivity index (χ3n) is 2.50. The zero-order valence-corrected chi connectivity index (χ0v) is 9.57. The van der Waals surface area contributed by atoms with Crippen LogP contribution in [0.3, 0.4) is 0 Å². The van der Waals surface area contributed by atoms with Crippen LogP contribution < -0.4 is 5.32 Å². The number of carbonyl (C=O) groups excluding carboxylic acids is 1. The predicted molar refractivity (Wildman–Crippen MR) is 61.5 cm³/mol. The van der Waals surface area contributed by atoms with Gasteiger partial charge in [-0.25, -0.2) is 14.8 Å². The quantitative estimate of drug-likeness (QED) is 0.766. The van der Waals surface area contributed by atoms with Gasteiger partial charge in [-0.05, 0) is 36.9 Å². The first-order chi connectivity index (χ1) is 7.75. The third-order valence-corrected chi connectivity index (χ3v) is 2.69. The summed E-state index contributed by atoms with van der Waals surface area (Å²) in [6.45, 7) is 1.62. The highest BCUT2D eigenvalue weighted by Crippen LogP contribution is 2.11. The Morgan fingerprint density at radius 1 is 1.38 bits per heavy atom. The van der Waals surface area contributed by atoms with Crippen LogP contribution in [0.15, 0.2) is 12.3 Å². The smallest absolute Gasteiger partial charge is 0.323 e. The molecule has 16 heavy (non-hydrogen) atoms. The maximum atomic E-state index is 11.8. The number of halogens is 1. The topological polar surface area (TPSA) is 58.1 Å². The summed E-state index contributed by atoms with van der Waals surface area (Å²) in [6.07, 6.45) is 4.85. The molecule has 0 spiro atoms. The second kappa shape index (κ2) is 5.12. The predicted octanol–water partition coefficient (Wildman–Crippen LogP) is 2.15. The van der Waals surface area contributed by atoms with Crippen molar-refractivity contribution in [3.63, 3.8) is 0 Å². The molecule has 0 atom stereocenters. The Bertz CT molecular complexity index is 379. The molecular weight excluding hydrogens is 228 g/mol. The lowest BCUT2D eigenvalue weighted by molar-refractivity contribution is 0.200. The first-order valence-corrected chi connectivity index (χ1v) is 5.68. The Morgan fingerprint density at radius 2 is 2.12 bits per heavy atom. The number of urea groups is 1. The van der Waals surface area contributed by atoms with Gasteiger partial charge >= 0.3 is 6.03 Å². The number of aromatic nitrogens is 2. The van der Waals surface area contributed by atoms with Crippen LogP contribution >= 0.6 is 11.6 Å². The summed E-state index contributed by atoms with van der Waals surface area (Å²) in [7, 11) is 0. The highest BCUT2D eigenvalue weighted by atomic mass is 35.5. The van der Waals surface area contributed by atoms with Crippen molar-refractivity contribution in [1.82, 2.24) is 14.9 Å². The lowest BCUT2D eigenvalue weighted by atomic mass is 10.1. The summed E-state index contributed by atoms with van der Waals surface area (Å²) in [5.41, 5.74) is 0. The molecule has 1 saturated heterocycles. The SMILES string of the molecule is O=C(Nc1ccnc(Cl)n1)N1CCCCC1. The maximum Gasteiger partial charge on any atom is 0.323 e. The lowest BCUT2D eigenvalue weighted by Gasteiger charge is -2.26. The molecule has 86 valence electrons. The van der Waals surface area contributed by atoms with E-state index in [0.29, 0.717) is 5.82 Å². The fourth-order valence-corrected chi connectivity index (χ4v) is 1.84. The maximum absolute atomic E-state index is 11.8. The monoisotopic (exact) mass is 240 g/mol. The molecule has 0 saturated carbocycles. The number of anilines is 1. The number of piperidine rings is 1. The number of hydrogen-bond acceptors (Lipinski definition) is 3. The van der Waals surface area contributed by atoms with E-state index in [9.17, 15) is 4.79 Å². The van der Waals surface area contributed by atoms with Crippen LogP contribution in [0.25, 0.3) is 0 Å². The van der Waals surface area contributed by atoms with Crippen molar-refractivity contribution < 1.29 is 4.79 Å². The van der Waals surface area contributed by atoms with Crippen molar-refractivity contribution in [2.24, 2.45) is 0 Å². The summed E-state index contributed by atoms with van der Waals surface area (Å²) in [6, 6.07) is 1.50. The van der Waals surface area contributed by atoms with Crippen LogP contribution in [0.5, 0.6) is 0 Å². The van der Waals surface area contributed by atoms with E-state index in [1.807, 2.05) is 0 Å². The number of amides is 2. The second-order valence-corrected chi connectivity index (χ2v) is 4.03. The number of carbonyl (C=O) groups is 1. The zero-order valence-electron chi connectivity index (χ0n) is 8.82. The summed E-state index contributed by atoms with van der Waals surface area (Å²) >= 11 is 5.63. The number of hydrogen-bond donors (Lipinski definition) is 1. The van der Waals surface area contributed by atoms with Crippen molar-refractivity contribution in [1.29, 1.82) is 0 Å². The van der Waals surface area contributed by atoms with Crippen LogP contribution in [0.4, 0.5) is 10.6 Å². The van der Waals surface area contributed by atoms with E-state index in [2.05, 4.69) is 15.3 Å². The Hall–Kier alpha value is -1.36. The standard InChI is InChI=1S/C10H13ClN4O/c11-9-12-5-4-8(13-9)14-10(16)15-6-2-1-3-7-15/h4-5H,1-3,6-7H2,(H,12,13,14,16). The first kappa shape index (κ1) is 11.1. The van der Waals surface area contributed by atoms with Gasteiger partial charge in [0.25, 0.3) is 0 Å². The van der Waals surface area contributed by atoms with Gasteiger partial charge < -0.3 is 4.90 Å². The third kappa shape index (κ3) is 2.82. The molecule has 0 unspecified atom stereocenters. The van der Waals surface area contributed by atoms with Gasteiger partial charge in [-0.3, -0.25) is 5.32 Å². The minimum atomic E-state index is -0.116. The van der Waals surface area contributed by atoms with Crippen molar-refractivity contribution >= 4 is 23.4 Å². The van der Waals surface area contributed by atoms with Crippen LogP contribution in [0.1, 0.15) is 19.3 Å². The van der Waals surface area contributed by atoms with Crippen molar-refractivity contribution in [3.05, 3.63) is 17.5 Å². The molecule has 1 aromatic heterocycles. The van der Waals surface area contributed by atoms with Gasteiger partial charge in [-0.15, -0.1) is 0 Å². The highest BCUT2D eigenvalue weighted by Gasteiger charge is 2.16. The summed E-state index contributed by atoms with van der Waals surface area (Å²) in [5, 5.41) is 2.84. The molecule has 1 aromatic rings. The van der Waals surface area contributed by atoms with Crippen LogP contribution in [-0.4, -0.2) is 34.0 Å². The molecule has 0 radical (unpaired) electrons. The summed E-state index contributed by atoms with van der Waals surface area (Å²) in [4.78, 5) is 21.2. The molecule has 2 amide bonds. The normalized spacial score (nSPS) is 15.9. The molecule has 0 aliphatic carbocycles. The van der Waals surface area contributed by atoms with E-state index in [4.69, 9.17) is 11.6 Å². The minimum Gasteiger partial charge on any atom is -0.325 e.